The summed E-state index contributed by atoms with van der Waals surface area (Å²) in [5.41, 5.74) is 1.34. The summed E-state index contributed by atoms with van der Waals surface area (Å²) in [4.78, 5) is 44.4. The maximum atomic E-state index is 11.9. The van der Waals surface area contributed by atoms with E-state index < -0.39 is 5.97 Å². The van der Waals surface area contributed by atoms with Crippen molar-refractivity contribution in [2.75, 3.05) is 43.2 Å². The molecule has 0 atom stereocenters. The van der Waals surface area contributed by atoms with Crippen molar-refractivity contribution in [1.29, 1.82) is 0 Å². The molecule has 9 nitrogen and oxygen atoms in total. The quantitative estimate of drug-likeness (QED) is 0.230. The maximum absolute atomic E-state index is 11.9. The predicted molar refractivity (Wildman–Crippen MR) is 134 cm³/mol. The molecule has 1 heterocycles. The summed E-state index contributed by atoms with van der Waals surface area (Å²) in [6.45, 7) is 5.36. The molecule has 0 unspecified atom stereocenters. The molecule has 0 spiro atoms. The van der Waals surface area contributed by atoms with Gasteiger partial charge in [-0.3, -0.25) is 14.4 Å². The lowest BCUT2D eigenvalue weighted by Crippen LogP contribution is -3.00. The van der Waals surface area contributed by atoms with Crippen LogP contribution in [0.1, 0.15) is 26.7 Å². The van der Waals surface area contributed by atoms with E-state index in [4.69, 9.17) is 21.1 Å². The second kappa shape index (κ2) is 15.1. The molecule has 2 aromatic carbocycles. The number of alkyl halides is 1. The number of likely N-dealkylation sites (N-methyl/N-ethyl adjacent to an activating group) is 1. The largest absolute Gasteiger partial charge is 1.00 e. The Kier molecular flexibility index (Phi) is 12.9. The second-order valence-corrected chi connectivity index (χ2v) is 8.69. The van der Waals surface area contributed by atoms with Crippen LogP contribution < -0.4 is 32.5 Å². The number of carbonyl (C=O) groups excluding carboxylic acids is 4. The van der Waals surface area contributed by atoms with Gasteiger partial charge in [0.25, 0.3) is 0 Å². The number of carbonyl (C=O) groups is 4. The predicted octanol–water partition coefficient (Wildman–Crippen LogP) is 0.584. The summed E-state index contributed by atoms with van der Waals surface area (Å²) in [5, 5.41) is 5.26. The summed E-state index contributed by atoms with van der Waals surface area (Å²) in [6, 6.07) is 13.2. The second-order valence-electron chi connectivity index (χ2n) is 8.42. The maximum Gasteiger partial charge on any atom is 0.367 e. The SMILES string of the molecule is CC(=O)Nc1ccc(OC(=O)CCl)cc1.CC(=O)Nc1ccc(OC(=O)C[N+]2(C)CCCC2)cc1.[Cl-]. The Hall–Kier alpha value is -3.14. The molecule has 2 aromatic rings. The fourth-order valence-corrected chi connectivity index (χ4v) is 3.56. The number of ether oxygens (including phenoxy) is 2. The van der Waals surface area contributed by atoms with E-state index in [1.54, 1.807) is 48.5 Å². The van der Waals surface area contributed by atoms with Gasteiger partial charge < -0.3 is 37.0 Å². The van der Waals surface area contributed by atoms with Crippen LogP contribution in [-0.4, -0.2) is 60.8 Å². The molecule has 11 heteroatoms. The lowest BCUT2D eigenvalue weighted by Gasteiger charge is -2.27. The first-order valence-electron chi connectivity index (χ1n) is 11.1. The molecular weight excluding hydrogens is 509 g/mol. The minimum Gasteiger partial charge on any atom is -1.00 e. The van der Waals surface area contributed by atoms with E-state index in [1.165, 1.54) is 26.7 Å². The molecule has 1 fully saturated rings. The highest BCUT2D eigenvalue weighted by Crippen LogP contribution is 2.19. The van der Waals surface area contributed by atoms with E-state index in [0.29, 0.717) is 29.4 Å². The zero-order chi connectivity index (χ0) is 25.8. The molecule has 0 aliphatic carbocycles. The molecule has 1 saturated heterocycles. The molecule has 1 aliphatic heterocycles. The van der Waals surface area contributed by atoms with E-state index in [9.17, 15) is 19.2 Å². The van der Waals surface area contributed by atoms with Gasteiger partial charge in [0, 0.05) is 38.1 Å². The number of quaternary nitrogens is 1. The molecule has 36 heavy (non-hydrogen) atoms. The number of hydrogen-bond acceptors (Lipinski definition) is 6. The van der Waals surface area contributed by atoms with Crippen LogP contribution in [0, 0.1) is 0 Å². The van der Waals surface area contributed by atoms with E-state index in [1.807, 2.05) is 0 Å². The van der Waals surface area contributed by atoms with Crippen LogP contribution in [0.25, 0.3) is 0 Å². The number of nitrogens with zero attached hydrogens (tertiary/aromatic N) is 1. The van der Waals surface area contributed by atoms with Gasteiger partial charge in [0.1, 0.15) is 17.4 Å². The molecular formula is C25H31Cl2N3O6. The highest BCUT2D eigenvalue weighted by atomic mass is 35.5. The van der Waals surface area contributed by atoms with Gasteiger partial charge in [-0.25, -0.2) is 4.79 Å². The van der Waals surface area contributed by atoms with Crippen LogP contribution in [0.2, 0.25) is 0 Å². The summed E-state index contributed by atoms with van der Waals surface area (Å²) in [5.74, 6) is -0.273. The van der Waals surface area contributed by atoms with Crippen molar-refractivity contribution in [2.45, 2.75) is 26.7 Å². The number of anilines is 2. The highest BCUT2D eigenvalue weighted by Gasteiger charge is 2.30. The van der Waals surface area contributed by atoms with Gasteiger partial charge in [0.15, 0.2) is 6.54 Å². The third-order valence-electron chi connectivity index (χ3n) is 5.08. The summed E-state index contributed by atoms with van der Waals surface area (Å²) in [6.07, 6.45) is 2.35. The number of rotatable bonds is 7. The highest BCUT2D eigenvalue weighted by molar-refractivity contribution is 6.26. The number of likely N-dealkylation sites (tertiary alicyclic amines) is 1. The van der Waals surface area contributed by atoms with Gasteiger partial charge in [-0.2, -0.15) is 0 Å². The Bertz CT molecular complexity index is 1020. The zero-order valence-corrected chi connectivity index (χ0v) is 22.0. The van der Waals surface area contributed by atoms with Crippen LogP contribution >= 0.6 is 11.6 Å². The number of amides is 2. The Morgan fingerprint density at radius 1 is 0.778 bits per heavy atom. The van der Waals surface area contributed by atoms with E-state index in [0.717, 1.165) is 17.6 Å². The first-order chi connectivity index (χ1) is 16.6. The molecule has 3 rings (SSSR count). The van der Waals surface area contributed by atoms with Crippen molar-refractivity contribution in [2.24, 2.45) is 0 Å². The Morgan fingerprint density at radius 3 is 1.53 bits per heavy atom. The van der Waals surface area contributed by atoms with Crippen LogP contribution in [0.15, 0.2) is 48.5 Å². The Balaban J connectivity index is 0.000000365. The smallest absolute Gasteiger partial charge is 0.367 e. The summed E-state index contributed by atoms with van der Waals surface area (Å²) >= 11 is 5.27. The van der Waals surface area contributed by atoms with Crippen molar-refractivity contribution in [3.63, 3.8) is 0 Å². The number of hydrogen-bond donors (Lipinski definition) is 2. The van der Waals surface area contributed by atoms with Gasteiger partial charge in [-0.1, -0.05) is 0 Å². The fraction of sp³-hybridized carbons (Fsp3) is 0.360. The van der Waals surface area contributed by atoms with E-state index in [-0.39, 0.29) is 36.1 Å². The van der Waals surface area contributed by atoms with Crippen LogP contribution in [0.5, 0.6) is 11.5 Å². The zero-order valence-electron chi connectivity index (χ0n) is 20.5. The fourth-order valence-electron chi connectivity index (χ4n) is 3.51. The molecule has 2 N–H and O–H groups in total. The first kappa shape index (κ1) is 30.9. The van der Waals surface area contributed by atoms with Crippen molar-refractivity contribution in [3.05, 3.63) is 48.5 Å². The van der Waals surface area contributed by atoms with Crippen molar-refractivity contribution in [1.82, 2.24) is 0 Å². The standard InChI is InChI=1S/C15H20N2O3.C10H10ClNO3.ClH/c1-12(18)16-13-5-7-14(8-6-13)20-15(19)11-17(2)9-3-4-10-17;1-7(13)12-8-2-4-9(5-3-8)15-10(14)6-11;/h5-8H,3-4,9-11H2,1-2H3;2-5H,6H2,1H3,(H,12,13);1H. The van der Waals surface area contributed by atoms with Gasteiger partial charge in [0.05, 0.1) is 20.1 Å². The van der Waals surface area contributed by atoms with E-state index >= 15 is 0 Å². The number of halogens is 2. The number of benzene rings is 2. The van der Waals surface area contributed by atoms with Crippen molar-refractivity contribution < 1.29 is 45.5 Å². The number of nitrogens with one attached hydrogen (secondary N) is 2. The Morgan fingerprint density at radius 2 is 1.17 bits per heavy atom. The Labute approximate surface area is 222 Å². The molecule has 196 valence electrons. The first-order valence-corrected chi connectivity index (χ1v) is 11.7. The van der Waals surface area contributed by atoms with Gasteiger partial charge in [0.2, 0.25) is 11.8 Å². The molecule has 0 saturated carbocycles. The minimum atomic E-state index is -0.510. The molecule has 0 bridgehead atoms. The lowest BCUT2D eigenvalue weighted by molar-refractivity contribution is -0.890. The van der Waals surface area contributed by atoms with E-state index in [2.05, 4.69) is 17.7 Å². The average Bonchev–Trinajstić information content (AvgIpc) is 3.21. The topological polar surface area (TPSA) is 111 Å². The van der Waals surface area contributed by atoms with Crippen LogP contribution in [0.3, 0.4) is 0 Å². The average molecular weight is 540 g/mol. The lowest BCUT2D eigenvalue weighted by atomic mass is 10.3. The third-order valence-corrected chi connectivity index (χ3v) is 5.30. The van der Waals surface area contributed by atoms with Gasteiger partial charge in [-0.15, -0.1) is 11.6 Å². The molecule has 1 aliphatic rings. The summed E-state index contributed by atoms with van der Waals surface area (Å²) < 4.78 is 10.9. The monoisotopic (exact) mass is 539 g/mol. The third kappa shape index (κ3) is 11.5. The molecule has 0 radical (unpaired) electrons. The van der Waals surface area contributed by atoms with Crippen LogP contribution in [0.4, 0.5) is 11.4 Å². The van der Waals surface area contributed by atoms with Crippen LogP contribution in [-0.2, 0) is 19.2 Å². The van der Waals surface area contributed by atoms with Gasteiger partial charge >= 0.3 is 11.9 Å². The normalized spacial score (nSPS) is 13.2. The number of esters is 2. The molecule has 2 amide bonds. The van der Waals surface area contributed by atoms with Gasteiger partial charge in [-0.05, 0) is 48.5 Å². The summed E-state index contributed by atoms with van der Waals surface area (Å²) in [7, 11) is 2.09. The molecule has 0 aromatic heterocycles. The minimum absolute atomic E-state index is 0. The van der Waals surface area contributed by atoms with Crippen molar-refractivity contribution in [3.8, 4) is 11.5 Å². The van der Waals surface area contributed by atoms with Crippen molar-refractivity contribution >= 4 is 46.7 Å².